The van der Waals surface area contributed by atoms with Crippen LogP contribution in [0.25, 0.3) is 0 Å². The fourth-order valence-electron chi connectivity index (χ4n) is 2.99. The summed E-state index contributed by atoms with van der Waals surface area (Å²) in [6.07, 6.45) is 18.2. The third-order valence-electron chi connectivity index (χ3n) is 4.10. The lowest BCUT2D eigenvalue weighted by atomic mass is 9.99. The Morgan fingerprint density at radius 2 is 2.06 bits per heavy atom. The van der Waals surface area contributed by atoms with E-state index in [0.717, 1.165) is 5.92 Å². The molecule has 94 valence electrons. The molecule has 0 N–H and O–H groups in total. The van der Waals surface area contributed by atoms with E-state index in [1.54, 1.807) is 11.1 Å². The van der Waals surface area contributed by atoms with E-state index in [2.05, 4.69) is 24.8 Å². The fourth-order valence-corrected chi connectivity index (χ4v) is 2.99. The average Bonchev–Trinajstić information content (AvgIpc) is 2.94. The average molecular weight is 230 g/mol. The third kappa shape index (κ3) is 3.89. The van der Waals surface area contributed by atoms with Crippen LogP contribution in [0.3, 0.4) is 0 Å². The minimum Gasteiger partial charge on any atom is -0.125 e. The minimum atomic E-state index is 0.839. The molecule has 0 aliphatic heterocycles. The third-order valence-corrected chi connectivity index (χ3v) is 4.10. The van der Waals surface area contributed by atoms with Gasteiger partial charge in [0.15, 0.2) is 0 Å². The van der Waals surface area contributed by atoms with Gasteiger partial charge in [-0.15, -0.1) is 5.73 Å². The first-order chi connectivity index (χ1) is 8.40. The van der Waals surface area contributed by atoms with Crippen molar-refractivity contribution < 1.29 is 0 Å². The summed E-state index contributed by atoms with van der Waals surface area (Å²) in [7, 11) is 0. The molecule has 2 aliphatic rings. The van der Waals surface area contributed by atoms with Crippen molar-refractivity contribution in [2.75, 3.05) is 0 Å². The predicted octanol–water partition coefficient (Wildman–Crippen LogP) is 5.56. The van der Waals surface area contributed by atoms with Gasteiger partial charge in [0.1, 0.15) is 0 Å². The van der Waals surface area contributed by atoms with Gasteiger partial charge < -0.3 is 0 Å². The molecule has 0 heterocycles. The molecule has 2 aliphatic carbocycles. The van der Waals surface area contributed by atoms with E-state index in [9.17, 15) is 0 Å². The molecule has 17 heavy (non-hydrogen) atoms. The summed E-state index contributed by atoms with van der Waals surface area (Å²) in [4.78, 5) is 0. The maximum atomic E-state index is 3.57. The Kier molecular flexibility index (Phi) is 5.13. The molecule has 1 fully saturated rings. The first-order valence-electron chi connectivity index (χ1n) is 7.52. The largest absolute Gasteiger partial charge is 0.125 e. The quantitative estimate of drug-likeness (QED) is 0.305. The molecule has 1 unspecified atom stereocenters. The molecule has 0 aromatic rings. The van der Waals surface area contributed by atoms with Crippen LogP contribution >= 0.6 is 0 Å². The first kappa shape index (κ1) is 12.7. The molecule has 1 saturated carbocycles. The van der Waals surface area contributed by atoms with Crippen molar-refractivity contribution in [1.82, 2.24) is 0 Å². The van der Waals surface area contributed by atoms with E-state index >= 15 is 0 Å². The zero-order valence-electron chi connectivity index (χ0n) is 11.3. The second kappa shape index (κ2) is 6.87. The number of allylic oxidation sites excluding steroid dienone is 3. The van der Waals surface area contributed by atoms with Crippen molar-refractivity contribution in [3.8, 4) is 0 Å². The van der Waals surface area contributed by atoms with Crippen LogP contribution in [0.15, 0.2) is 29.0 Å². The summed E-state index contributed by atoms with van der Waals surface area (Å²) in [5.74, 6) is 0.839. The van der Waals surface area contributed by atoms with Gasteiger partial charge >= 0.3 is 0 Å². The number of unbranched alkanes of at least 4 members (excludes halogenated alkanes) is 6. The van der Waals surface area contributed by atoms with Crippen molar-refractivity contribution in [2.45, 2.75) is 71.1 Å². The monoisotopic (exact) mass is 230 g/mol. The zero-order valence-corrected chi connectivity index (χ0v) is 11.3. The highest BCUT2D eigenvalue weighted by molar-refractivity contribution is 5.32. The van der Waals surface area contributed by atoms with Crippen LogP contribution in [-0.4, -0.2) is 0 Å². The summed E-state index contributed by atoms with van der Waals surface area (Å²) in [5, 5.41) is 0. The molecule has 0 heteroatoms. The number of rotatable bonds is 7. The SMILES string of the molecule is CCCCCCCCC=C=C1CC2=CCC1C2. The van der Waals surface area contributed by atoms with Gasteiger partial charge in [0.05, 0.1) is 0 Å². The first-order valence-corrected chi connectivity index (χ1v) is 7.52. The highest BCUT2D eigenvalue weighted by Gasteiger charge is 2.28. The molecular formula is C17H26. The molecule has 0 saturated heterocycles. The van der Waals surface area contributed by atoms with Gasteiger partial charge in [0.2, 0.25) is 0 Å². The Morgan fingerprint density at radius 1 is 1.24 bits per heavy atom. The van der Waals surface area contributed by atoms with Crippen LogP contribution in [0.4, 0.5) is 0 Å². The molecule has 1 atom stereocenters. The highest BCUT2D eigenvalue weighted by Crippen LogP contribution is 2.43. The lowest BCUT2D eigenvalue weighted by molar-refractivity contribution is 0.611. The lowest BCUT2D eigenvalue weighted by Crippen LogP contribution is -1.91. The number of hydrogen-bond donors (Lipinski definition) is 0. The van der Waals surface area contributed by atoms with Crippen LogP contribution in [0, 0.1) is 5.92 Å². The normalized spacial score (nSPS) is 21.6. The van der Waals surface area contributed by atoms with Gasteiger partial charge in [-0.2, -0.15) is 0 Å². The molecule has 0 radical (unpaired) electrons. The van der Waals surface area contributed by atoms with E-state index in [1.165, 1.54) is 64.2 Å². The van der Waals surface area contributed by atoms with Gasteiger partial charge in [-0.1, -0.05) is 50.7 Å². The summed E-state index contributed by atoms with van der Waals surface area (Å²) in [5.41, 5.74) is 6.83. The van der Waals surface area contributed by atoms with E-state index in [4.69, 9.17) is 0 Å². The van der Waals surface area contributed by atoms with Gasteiger partial charge in [-0.25, -0.2) is 0 Å². The number of hydrogen-bond acceptors (Lipinski definition) is 0. The topological polar surface area (TPSA) is 0 Å². The van der Waals surface area contributed by atoms with Gasteiger partial charge in [-0.05, 0) is 49.7 Å². The van der Waals surface area contributed by atoms with Crippen molar-refractivity contribution in [1.29, 1.82) is 0 Å². The molecule has 0 nitrogen and oxygen atoms in total. The van der Waals surface area contributed by atoms with Crippen molar-refractivity contribution in [3.63, 3.8) is 0 Å². The van der Waals surface area contributed by atoms with Crippen LogP contribution in [0.5, 0.6) is 0 Å². The summed E-state index contributed by atoms with van der Waals surface area (Å²) < 4.78 is 0. The van der Waals surface area contributed by atoms with E-state index in [0.29, 0.717) is 0 Å². The molecule has 0 aromatic heterocycles. The van der Waals surface area contributed by atoms with Gasteiger partial charge in [0, 0.05) is 0 Å². The Morgan fingerprint density at radius 3 is 2.76 bits per heavy atom. The molecular weight excluding hydrogens is 204 g/mol. The van der Waals surface area contributed by atoms with Crippen LogP contribution in [0.2, 0.25) is 0 Å². The second-order valence-corrected chi connectivity index (χ2v) is 5.61. The molecule has 2 bridgehead atoms. The molecule has 0 amide bonds. The molecule has 2 rings (SSSR count). The Balaban J connectivity index is 1.59. The summed E-state index contributed by atoms with van der Waals surface area (Å²) in [6.45, 7) is 2.28. The number of fused-ring (bicyclic) bond motifs is 2. The van der Waals surface area contributed by atoms with Crippen LogP contribution < -0.4 is 0 Å². The zero-order chi connectivity index (χ0) is 11.9. The lowest BCUT2D eigenvalue weighted by Gasteiger charge is -2.05. The van der Waals surface area contributed by atoms with E-state index in [1.807, 2.05) is 0 Å². The smallest absolute Gasteiger partial charge is 0.00290 e. The second-order valence-electron chi connectivity index (χ2n) is 5.61. The predicted molar refractivity (Wildman–Crippen MR) is 75.0 cm³/mol. The van der Waals surface area contributed by atoms with Crippen molar-refractivity contribution in [2.24, 2.45) is 5.92 Å². The van der Waals surface area contributed by atoms with Crippen LogP contribution in [0.1, 0.15) is 71.1 Å². The van der Waals surface area contributed by atoms with Gasteiger partial charge in [-0.3, -0.25) is 0 Å². The Labute approximate surface area is 106 Å². The van der Waals surface area contributed by atoms with E-state index in [-0.39, 0.29) is 0 Å². The molecule has 0 spiro atoms. The molecule has 0 aromatic carbocycles. The van der Waals surface area contributed by atoms with E-state index < -0.39 is 0 Å². The van der Waals surface area contributed by atoms with Crippen molar-refractivity contribution >= 4 is 0 Å². The standard InChI is InChI=1S/C17H26/c1-2-3-4-5-6-7-8-9-10-16-13-15-11-12-17(16)14-15/h9,11,17H,2-8,12-14H2,1H3. The fraction of sp³-hybridized carbons (Fsp3) is 0.706. The van der Waals surface area contributed by atoms with Crippen LogP contribution in [-0.2, 0) is 0 Å². The van der Waals surface area contributed by atoms with Crippen molar-refractivity contribution in [3.05, 3.63) is 29.0 Å². The maximum absolute atomic E-state index is 3.57. The van der Waals surface area contributed by atoms with Gasteiger partial charge in [0.25, 0.3) is 0 Å². The Hall–Kier alpha value is -0.740. The maximum Gasteiger partial charge on any atom is -0.00290 e. The Bertz CT molecular complexity index is 326. The minimum absolute atomic E-state index is 0.839. The highest BCUT2D eigenvalue weighted by atomic mass is 14.3. The summed E-state index contributed by atoms with van der Waals surface area (Å²) in [6, 6.07) is 0. The summed E-state index contributed by atoms with van der Waals surface area (Å²) >= 11 is 0.